The van der Waals surface area contributed by atoms with Crippen LogP contribution in [0.4, 0.5) is 4.79 Å². The van der Waals surface area contributed by atoms with Crippen molar-refractivity contribution in [3.05, 3.63) is 42.4 Å². The van der Waals surface area contributed by atoms with Gasteiger partial charge in [0.25, 0.3) is 0 Å². The van der Waals surface area contributed by atoms with Gasteiger partial charge < -0.3 is 15.7 Å². The fraction of sp³-hybridized carbons (Fsp3) is 0.357. The van der Waals surface area contributed by atoms with Gasteiger partial charge >= 0.3 is 6.03 Å². The summed E-state index contributed by atoms with van der Waals surface area (Å²) in [6.45, 7) is 2.30. The number of aliphatic hydroxyl groups is 1. The highest BCUT2D eigenvalue weighted by Gasteiger charge is 2.06. The molecular formula is C14H19N5O2. The van der Waals surface area contributed by atoms with E-state index in [2.05, 4.69) is 20.7 Å². The number of nitrogens with zero attached hydrogens (tertiary/aromatic N) is 3. The van der Waals surface area contributed by atoms with E-state index in [1.165, 1.54) is 0 Å². The third kappa shape index (κ3) is 4.57. The molecule has 7 heteroatoms. The predicted octanol–water partition coefficient (Wildman–Crippen LogP) is 0.837. The van der Waals surface area contributed by atoms with Crippen molar-refractivity contribution in [1.82, 2.24) is 25.4 Å². The Morgan fingerprint density at radius 3 is 3.05 bits per heavy atom. The van der Waals surface area contributed by atoms with E-state index in [4.69, 9.17) is 5.11 Å². The van der Waals surface area contributed by atoms with E-state index in [1.54, 1.807) is 17.1 Å². The van der Waals surface area contributed by atoms with Gasteiger partial charge in [0.2, 0.25) is 0 Å². The zero-order valence-electron chi connectivity index (χ0n) is 11.9. The molecule has 112 valence electrons. The summed E-state index contributed by atoms with van der Waals surface area (Å²) in [5.74, 6) is 0.702. The monoisotopic (exact) mass is 289 g/mol. The van der Waals surface area contributed by atoms with E-state index in [9.17, 15) is 4.79 Å². The highest BCUT2D eigenvalue weighted by Crippen LogP contribution is 2.05. The molecule has 0 saturated heterocycles. The lowest BCUT2D eigenvalue weighted by Gasteiger charge is -2.13. The topological polar surface area (TPSA) is 92.1 Å². The van der Waals surface area contributed by atoms with Gasteiger partial charge in [-0.15, -0.1) is 0 Å². The number of aromatic nitrogens is 3. The zero-order valence-corrected chi connectivity index (χ0v) is 11.9. The first-order chi connectivity index (χ1) is 10.2. The van der Waals surface area contributed by atoms with E-state index < -0.39 is 0 Å². The molecule has 2 amide bonds. The number of aliphatic hydroxyl groups excluding tert-OH is 1. The van der Waals surface area contributed by atoms with Crippen molar-refractivity contribution in [2.45, 2.75) is 25.9 Å². The number of carbonyl (C=O) groups excluding carboxylic acids is 1. The minimum Gasteiger partial charge on any atom is -0.396 e. The second-order valence-electron chi connectivity index (χ2n) is 4.71. The predicted molar refractivity (Wildman–Crippen MR) is 77.9 cm³/mol. The Labute approximate surface area is 123 Å². The summed E-state index contributed by atoms with van der Waals surface area (Å²) in [7, 11) is 0. The molecule has 0 spiro atoms. The van der Waals surface area contributed by atoms with Gasteiger partial charge in [0.05, 0.1) is 0 Å². The summed E-state index contributed by atoms with van der Waals surface area (Å²) in [5, 5.41) is 18.4. The molecule has 0 aromatic carbocycles. The lowest BCUT2D eigenvalue weighted by atomic mass is 10.2. The largest absolute Gasteiger partial charge is 0.396 e. The van der Waals surface area contributed by atoms with E-state index in [0.717, 1.165) is 5.56 Å². The van der Waals surface area contributed by atoms with E-state index >= 15 is 0 Å². The Hall–Kier alpha value is -2.41. The van der Waals surface area contributed by atoms with Crippen LogP contribution < -0.4 is 10.6 Å². The second-order valence-corrected chi connectivity index (χ2v) is 4.71. The second kappa shape index (κ2) is 7.39. The minimum absolute atomic E-state index is 0.0546. The molecule has 0 fully saturated rings. The molecule has 0 bridgehead atoms. The molecular weight excluding hydrogens is 270 g/mol. The van der Waals surface area contributed by atoms with Gasteiger partial charge in [0.1, 0.15) is 0 Å². The lowest BCUT2D eigenvalue weighted by Crippen LogP contribution is -2.40. The summed E-state index contributed by atoms with van der Waals surface area (Å²) < 4.78 is 1.66. The molecule has 2 aromatic heterocycles. The van der Waals surface area contributed by atoms with Crippen LogP contribution in [0.3, 0.4) is 0 Å². The van der Waals surface area contributed by atoms with Crippen molar-refractivity contribution < 1.29 is 9.90 Å². The number of urea groups is 1. The van der Waals surface area contributed by atoms with Crippen molar-refractivity contribution in [2.75, 3.05) is 6.61 Å². The first-order valence-electron chi connectivity index (χ1n) is 6.79. The van der Waals surface area contributed by atoms with Crippen LogP contribution >= 0.6 is 0 Å². The first kappa shape index (κ1) is 15.0. The Morgan fingerprint density at radius 1 is 1.48 bits per heavy atom. The van der Waals surface area contributed by atoms with E-state index in [-0.39, 0.29) is 18.7 Å². The number of hydrogen-bond donors (Lipinski definition) is 3. The summed E-state index contributed by atoms with van der Waals surface area (Å²) >= 11 is 0. The van der Waals surface area contributed by atoms with Crippen molar-refractivity contribution in [1.29, 1.82) is 0 Å². The fourth-order valence-corrected chi connectivity index (χ4v) is 1.82. The molecule has 3 N–H and O–H groups in total. The molecule has 2 rings (SSSR count). The maximum absolute atomic E-state index is 11.7. The number of nitrogens with one attached hydrogen (secondary N) is 2. The Bertz CT molecular complexity index is 571. The average molecular weight is 289 g/mol. The molecule has 2 aromatic rings. The summed E-state index contributed by atoms with van der Waals surface area (Å²) in [6, 6.07) is 5.21. The molecule has 0 radical (unpaired) electrons. The molecule has 0 aliphatic rings. The Morgan fingerprint density at radius 2 is 2.33 bits per heavy atom. The molecule has 7 nitrogen and oxygen atoms in total. The number of carbonyl (C=O) groups is 1. The third-order valence-electron chi connectivity index (χ3n) is 2.94. The van der Waals surface area contributed by atoms with Crippen molar-refractivity contribution in [3.8, 4) is 5.82 Å². The molecule has 2 heterocycles. The van der Waals surface area contributed by atoms with Crippen LogP contribution in [0, 0.1) is 0 Å². The number of amides is 2. The smallest absolute Gasteiger partial charge is 0.315 e. The molecule has 0 aliphatic carbocycles. The third-order valence-corrected chi connectivity index (χ3v) is 2.94. The van der Waals surface area contributed by atoms with Gasteiger partial charge in [-0.25, -0.2) is 14.5 Å². The SMILES string of the molecule is C[C@H](CCO)NC(=O)NCc1ccnc(-n2cccn2)c1. The van der Waals surface area contributed by atoms with Gasteiger partial charge in [-0.1, -0.05) is 0 Å². The van der Waals surface area contributed by atoms with Crippen LogP contribution in [0.25, 0.3) is 5.82 Å². The van der Waals surface area contributed by atoms with Gasteiger partial charge in [0, 0.05) is 37.8 Å². The molecule has 0 saturated carbocycles. The number of pyridine rings is 1. The molecule has 0 aliphatic heterocycles. The Balaban J connectivity index is 1.89. The highest BCUT2D eigenvalue weighted by atomic mass is 16.3. The lowest BCUT2D eigenvalue weighted by molar-refractivity contribution is 0.230. The molecule has 21 heavy (non-hydrogen) atoms. The maximum atomic E-state index is 11.7. The van der Waals surface area contributed by atoms with Gasteiger partial charge in [-0.3, -0.25) is 0 Å². The van der Waals surface area contributed by atoms with Crippen molar-refractivity contribution >= 4 is 6.03 Å². The van der Waals surface area contributed by atoms with Crippen LogP contribution in [0.2, 0.25) is 0 Å². The molecule has 1 atom stereocenters. The summed E-state index contributed by atoms with van der Waals surface area (Å²) in [6.07, 6.45) is 5.71. The van der Waals surface area contributed by atoms with Crippen molar-refractivity contribution in [2.24, 2.45) is 0 Å². The van der Waals surface area contributed by atoms with Crippen LogP contribution in [0.5, 0.6) is 0 Å². The normalized spacial score (nSPS) is 11.9. The summed E-state index contributed by atoms with van der Waals surface area (Å²) in [4.78, 5) is 15.9. The van der Waals surface area contributed by atoms with Gasteiger partial charge in [0.15, 0.2) is 5.82 Å². The van der Waals surface area contributed by atoms with E-state index in [0.29, 0.717) is 18.8 Å². The average Bonchev–Trinajstić information content (AvgIpc) is 3.00. The fourth-order valence-electron chi connectivity index (χ4n) is 1.82. The molecule has 0 unspecified atom stereocenters. The van der Waals surface area contributed by atoms with E-state index in [1.807, 2.05) is 31.3 Å². The quantitative estimate of drug-likeness (QED) is 0.734. The maximum Gasteiger partial charge on any atom is 0.315 e. The van der Waals surface area contributed by atoms with Crippen LogP contribution in [-0.4, -0.2) is 38.6 Å². The first-order valence-corrected chi connectivity index (χ1v) is 6.79. The Kier molecular flexibility index (Phi) is 5.28. The number of rotatable bonds is 6. The zero-order chi connectivity index (χ0) is 15.1. The van der Waals surface area contributed by atoms with Gasteiger partial charge in [-0.05, 0) is 37.1 Å². The summed E-state index contributed by atoms with van der Waals surface area (Å²) in [5.41, 5.74) is 0.931. The van der Waals surface area contributed by atoms with Crippen LogP contribution in [-0.2, 0) is 6.54 Å². The van der Waals surface area contributed by atoms with Crippen LogP contribution in [0.1, 0.15) is 18.9 Å². The minimum atomic E-state index is -0.256. The van der Waals surface area contributed by atoms with Gasteiger partial charge in [-0.2, -0.15) is 5.10 Å². The van der Waals surface area contributed by atoms with Crippen LogP contribution in [0.15, 0.2) is 36.8 Å². The standard InChI is InChI=1S/C14H19N5O2/c1-11(4-8-20)18-14(21)16-10-12-3-6-15-13(9-12)19-7-2-5-17-19/h2-3,5-7,9,11,20H,4,8,10H2,1H3,(H2,16,18,21)/t11-/m1/s1. The highest BCUT2D eigenvalue weighted by molar-refractivity contribution is 5.74. The number of hydrogen-bond acceptors (Lipinski definition) is 4. The van der Waals surface area contributed by atoms with Crippen molar-refractivity contribution in [3.63, 3.8) is 0 Å².